The molecule has 1 saturated heterocycles. The smallest absolute Gasteiger partial charge is 0.280 e. The van der Waals surface area contributed by atoms with Crippen molar-refractivity contribution in [1.82, 2.24) is 29.2 Å². The van der Waals surface area contributed by atoms with Crippen molar-refractivity contribution in [2.24, 2.45) is 18.9 Å². The summed E-state index contributed by atoms with van der Waals surface area (Å²) in [4.78, 5) is 28.1. The molecule has 9 nitrogen and oxygen atoms in total. The van der Waals surface area contributed by atoms with Crippen LogP contribution in [0.2, 0.25) is 0 Å². The van der Waals surface area contributed by atoms with E-state index in [1.165, 1.54) is 22.1 Å². The van der Waals surface area contributed by atoms with Crippen molar-refractivity contribution in [2.45, 2.75) is 19.4 Å². The zero-order valence-electron chi connectivity index (χ0n) is 16.8. The lowest BCUT2D eigenvalue weighted by atomic mass is 10.2. The second-order valence-electron chi connectivity index (χ2n) is 8.35. The summed E-state index contributed by atoms with van der Waals surface area (Å²) < 4.78 is 8.61. The fourth-order valence-electron chi connectivity index (χ4n) is 4.74. The first-order valence-corrected chi connectivity index (χ1v) is 10.1. The summed E-state index contributed by atoms with van der Waals surface area (Å²) in [6.07, 6.45) is 3.06. The summed E-state index contributed by atoms with van der Waals surface area (Å²) in [5.74, 6) is 2.65. The highest BCUT2D eigenvalue weighted by Gasteiger charge is 2.58. The molecule has 0 unspecified atom stereocenters. The van der Waals surface area contributed by atoms with Crippen LogP contribution in [0, 0.1) is 18.8 Å². The highest BCUT2D eigenvalue weighted by Crippen LogP contribution is 2.57. The fourth-order valence-corrected chi connectivity index (χ4v) is 4.74. The Hall–Kier alpha value is -3.49. The molecule has 4 aromatic rings. The van der Waals surface area contributed by atoms with Gasteiger partial charge in [0.05, 0.1) is 6.33 Å². The second kappa shape index (κ2) is 6.25. The van der Waals surface area contributed by atoms with Crippen LogP contribution in [0.25, 0.3) is 11.2 Å². The first kappa shape index (κ1) is 17.4. The average Bonchev–Trinajstić information content (AvgIpc) is 3.16. The van der Waals surface area contributed by atoms with Crippen molar-refractivity contribution in [1.29, 1.82) is 0 Å². The van der Waals surface area contributed by atoms with E-state index in [0.717, 1.165) is 18.9 Å². The van der Waals surface area contributed by atoms with Gasteiger partial charge in [0, 0.05) is 31.7 Å². The minimum atomic E-state index is -0.170. The maximum atomic E-state index is 12.7. The number of benzene rings is 1. The number of aromatic nitrogens is 6. The SMILES string of the molecule is Cc1cccc(N2C[C@@H]3[C@H](C2)[C@@H]3c2noc(Cn3cnc4ncn(C)c4c3=O)n2)c1. The van der Waals surface area contributed by atoms with E-state index in [9.17, 15) is 4.79 Å². The standard InChI is InChI=1S/C21H21N7O2/c1-12-4-3-5-13(6-12)27-7-14-15(8-27)17(14)19-24-16(30-25-19)9-28-11-23-20-18(21(28)29)26(2)10-22-20/h3-6,10-11,14-15,17H,7-9H2,1-2H3/t14-,15+,17-. The van der Waals surface area contributed by atoms with Gasteiger partial charge in [-0.2, -0.15) is 4.98 Å². The van der Waals surface area contributed by atoms with Gasteiger partial charge < -0.3 is 14.0 Å². The van der Waals surface area contributed by atoms with Crippen LogP contribution in [0.15, 0.2) is 46.2 Å². The maximum absolute atomic E-state index is 12.7. The second-order valence-corrected chi connectivity index (χ2v) is 8.35. The third-order valence-electron chi connectivity index (χ3n) is 6.35. The first-order chi connectivity index (χ1) is 14.6. The Balaban J connectivity index is 1.17. The molecule has 0 spiro atoms. The molecule has 3 aromatic heterocycles. The number of nitrogens with zero attached hydrogens (tertiary/aromatic N) is 7. The van der Waals surface area contributed by atoms with Gasteiger partial charge in [0.25, 0.3) is 5.56 Å². The van der Waals surface area contributed by atoms with Gasteiger partial charge in [-0.25, -0.2) is 9.97 Å². The predicted molar refractivity (Wildman–Crippen MR) is 109 cm³/mol. The highest BCUT2D eigenvalue weighted by atomic mass is 16.5. The molecule has 152 valence electrons. The molecule has 1 saturated carbocycles. The predicted octanol–water partition coefficient (Wildman–Crippen LogP) is 1.72. The van der Waals surface area contributed by atoms with Crippen molar-refractivity contribution < 1.29 is 4.52 Å². The fraction of sp³-hybridized carbons (Fsp3) is 0.381. The number of rotatable bonds is 4. The number of anilines is 1. The van der Waals surface area contributed by atoms with E-state index in [2.05, 4.69) is 56.2 Å². The molecule has 30 heavy (non-hydrogen) atoms. The van der Waals surface area contributed by atoms with Gasteiger partial charge in [-0.1, -0.05) is 17.3 Å². The van der Waals surface area contributed by atoms with Gasteiger partial charge in [-0.3, -0.25) is 9.36 Å². The monoisotopic (exact) mass is 403 g/mol. The molecule has 4 heterocycles. The number of piperidine rings is 1. The zero-order chi connectivity index (χ0) is 20.4. The quantitative estimate of drug-likeness (QED) is 0.512. The Morgan fingerprint density at radius 2 is 1.97 bits per heavy atom. The Morgan fingerprint density at radius 3 is 2.77 bits per heavy atom. The van der Waals surface area contributed by atoms with Crippen molar-refractivity contribution in [2.75, 3.05) is 18.0 Å². The molecular weight excluding hydrogens is 382 g/mol. The van der Waals surface area contributed by atoms with Crippen LogP contribution in [-0.4, -0.2) is 42.3 Å². The zero-order valence-corrected chi connectivity index (χ0v) is 16.8. The number of aryl methyl sites for hydroxylation is 2. The van der Waals surface area contributed by atoms with Crippen molar-refractivity contribution >= 4 is 16.9 Å². The van der Waals surface area contributed by atoms with Gasteiger partial charge in [-0.05, 0) is 36.5 Å². The van der Waals surface area contributed by atoms with Gasteiger partial charge in [0.1, 0.15) is 12.9 Å². The summed E-state index contributed by atoms with van der Waals surface area (Å²) >= 11 is 0. The van der Waals surface area contributed by atoms with Gasteiger partial charge in [0.15, 0.2) is 17.0 Å². The first-order valence-electron chi connectivity index (χ1n) is 10.1. The van der Waals surface area contributed by atoms with Gasteiger partial charge in [0.2, 0.25) is 5.89 Å². The largest absolute Gasteiger partial charge is 0.371 e. The van der Waals surface area contributed by atoms with Gasteiger partial charge >= 0.3 is 0 Å². The maximum Gasteiger partial charge on any atom is 0.280 e. The van der Waals surface area contributed by atoms with Gasteiger partial charge in [-0.15, -0.1) is 0 Å². The number of hydrogen-bond donors (Lipinski definition) is 0. The molecule has 1 aromatic carbocycles. The molecule has 0 amide bonds. The van der Waals surface area contributed by atoms with E-state index >= 15 is 0 Å². The molecule has 0 N–H and O–H groups in total. The summed E-state index contributed by atoms with van der Waals surface area (Å²) in [6.45, 7) is 4.36. The van der Waals surface area contributed by atoms with Crippen LogP contribution < -0.4 is 10.5 Å². The lowest BCUT2D eigenvalue weighted by molar-refractivity contribution is 0.363. The summed E-state index contributed by atoms with van der Waals surface area (Å²) in [5, 5.41) is 4.21. The van der Waals surface area contributed by atoms with Crippen LogP contribution in [-0.2, 0) is 13.6 Å². The van der Waals surface area contributed by atoms with E-state index < -0.39 is 0 Å². The molecule has 0 bridgehead atoms. The van der Waals surface area contributed by atoms with Crippen LogP contribution in [0.1, 0.15) is 23.2 Å². The molecular formula is C21H21N7O2. The lowest BCUT2D eigenvalue weighted by Gasteiger charge is -2.21. The third kappa shape index (κ3) is 2.65. The molecule has 6 rings (SSSR count). The Labute approximate surface area is 172 Å². The molecule has 1 aliphatic carbocycles. The van der Waals surface area contributed by atoms with E-state index in [1.54, 1.807) is 17.9 Å². The van der Waals surface area contributed by atoms with Crippen LogP contribution >= 0.6 is 0 Å². The summed E-state index contributed by atoms with van der Waals surface area (Å²) in [6, 6.07) is 8.63. The van der Waals surface area contributed by atoms with E-state index in [4.69, 9.17) is 4.52 Å². The minimum Gasteiger partial charge on any atom is -0.371 e. The number of hydrogen-bond acceptors (Lipinski definition) is 7. The van der Waals surface area contributed by atoms with Crippen LogP contribution in [0.5, 0.6) is 0 Å². The topological polar surface area (TPSA) is 94.9 Å². The molecule has 3 atom stereocenters. The Kier molecular flexibility index (Phi) is 3.62. The average molecular weight is 403 g/mol. The Morgan fingerprint density at radius 1 is 1.17 bits per heavy atom. The minimum absolute atomic E-state index is 0.170. The summed E-state index contributed by atoms with van der Waals surface area (Å²) in [7, 11) is 1.78. The summed E-state index contributed by atoms with van der Waals surface area (Å²) in [5.41, 5.74) is 3.30. The van der Waals surface area contributed by atoms with Crippen LogP contribution in [0.4, 0.5) is 5.69 Å². The van der Waals surface area contributed by atoms with Crippen molar-refractivity contribution in [3.05, 3.63) is 64.6 Å². The molecule has 2 aliphatic rings. The molecule has 9 heteroatoms. The van der Waals surface area contributed by atoms with E-state index in [1.807, 2.05) is 0 Å². The highest BCUT2D eigenvalue weighted by molar-refractivity contribution is 5.68. The molecule has 2 fully saturated rings. The Bertz CT molecular complexity index is 1310. The molecule has 0 radical (unpaired) electrons. The normalized spacial score (nSPS) is 22.6. The lowest BCUT2D eigenvalue weighted by Crippen LogP contribution is -2.24. The van der Waals surface area contributed by atoms with E-state index in [-0.39, 0.29) is 12.1 Å². The van der Waals surface area contributed by atoms with Crippen LogP contribution in [0.3, 0.4) is 0 Å². The number of imidazole rings is 1. The molecule has 1 aliphatic heterocycles. The van der Waals surface area contributed by atoms with Crippen molar-refractivity contribution in [3.8, 4) is 0 Å². The van der Waals surface area contributed by atoms with E-state index in [0.29, 0.717) is 34.8 Å². The number of fused-ring (bicyclic) bond motifs is 2. The van der Waals surface area contributed by atoms with Crippen molar-refractivity contribution in [3.63, 3.8) is 0 Å². The third-order valence-corrected chi connectivity index (χ3v) is 6.35.